The van der Waals surface area contributed by atoms with Crippen molar-refractivity contribution in [2.45, 2.75) is 32.4 Å². The Morgan fingerprint density at radius 1 is 1.08 bits per heavy atom. The van der Waals surface area contributed by atoms with E-state index in [1.54, 1.807) is 7.11 Å². The molecule has 0 fully saturated rings. The van der Waals surface area contributed by atoms with Gasteiger partial charge >= 0.3 is 0 Å². The van der Waals surface area contributed by atoms with E-state index in [-0.39, 0.29) is 0 Å². The highest BCUT2D eigenvalue weighted by atomic mass is 16.5. The summed E-state index contributed by atoms with van der Waals surface area (Å²) >= 11 is 0. The number of methoxy groups -OCH3 is 1. The molecule has 0 aliphatic heterocycles. The van der Waals surface area contributed by atoms with E-state index in [0.29, 0.717) is 25.4 Å². The lowest BCUT2D eigenvalue weighted by molar-refractivity contribution is 0.151. The second-order valence-corrected chi connectivity index (χ2v) is 5.94. The van der Waals surface area contributed by atoms with E-state index >= 15 is 0 Å². The molecular weight excluding hydrogens is 316 g/mol. The number of benzene rings is 2. The molecule has 1 heterocycles. The van der Waals surface area contributed by atoms with Crippen LogP contribution in [-0.4, -0.2) is 28.4 Å². The van der Waals surface area contributed by atoms with Crippen molar-refractivity contribution in [3.8, 4) is 11.5 Å². The van der Waals surface area contributed by atoms with Gasteiger partial charge in [-0.25, -0.2) is 4.98 Å². The minimum atomic E-state index is -0.557. The Labute approximate surface area is 147 Å². The van der Waals surface area contributed by atoms with Crippen LogP contribution >= 0.6 is 0 Å². The van der Waals surface area contributed by atoms with Gasteiger partial charge in [0.2, 0.25) is 0 Å². The van der Waals surface area contributed by atoms with E-state index in [1.165, 1.54) is 0 Å². The smallest absolute Gasteiger partial charge is 0.138 e. The van der Waals surface area contributed by atoms with Crippen molar-refractivity contribution in [1.82, 2.24) is 9.55 Å². The number of hydrogen-bond acceptors (Lipinski definition) is 4. The zero-order valence-electron chi connectivity index (χ0n) is 14.7. The molecule has 0 radical (unpaired) electrons. The van der Waals surface area contributed by atoms with Gasteiger partial charge < -0.3 is 19.1 Å². The fraction of sp³-hybridized carbons (Fsp3) is 0.350. The zero-order chi connectivity index (χ0) is 17.6. The number of aliphatic hydroxyl groups excluding tert-OH is 1. The summed E-state index contributed by atoms with van der Waals surface area (Å²) in [6, 6.07) is 15.5. The van der Waals surface area contributed by atoms with E-state index in [2.05, 4.69) is 16.5 Å². The Kier molecular flexibility index (Phi) is 5.56. The lowest BCUT2D eigenvalue weighted by Gasteiger charge is -2.14. The molecular formula is C20H24N2O3. The minimum Gasteiger partial charge on any atom is -0.497 e. The molecule has 3 rings (SSSR count). The van der Waals surface area contributed by atoms with Crippen molar-refractivity contribution in [1.29, 1.82) is 0 Å². The first-order valence-electron chi connectivity index (χ1n) is 8.63. The predicted octanol–water partition coefficient (Wildman–Crippen LogP) is 3.96. The Bertz CT molecular complexity index is 811. The number of para-hydroxylation sites is 2. The second-order valence-electron chi connectivity index (χ2n) is 5.94. The predicted molar refractivity (Wildman–Crippen MR) is 98.1 cm³/mol. The molecule has 0 bridgehead atoms. The molecule has 0 aliphatic carbocycles. The molecule has 5 heteroatoms. The molecule has 25 heavy (non-hydrogen) atoms. The molecule has 132 valence electrons. The molecule has 0 saturated heterocycles. The Morgan fingerprint density at radius 3 is 2.52 bits per heavy atom. The first kappa shape index (κ1) is 17.3. The topological polar surface area (TPSA) is 56.5 Å². The number of fused-ring (bicyclic) bond motifs is 1. The quantitative estimate of drug-likeness (QED) is 0.674. The molecule has 1 N–H and O–H groups in total. The van der Waals surface area contributed by atoms with Crippen LogP contribution < -0.4 is 9.47 Å². The Hall–Kier alpha value is -2.53. The van der Waals surface area contributed by atoms with Crippen molar-refractivity contribution < 1.29 is 14.6 Å². The molecule has 1 aromatic heterocycles. The molecule has 0 unspecified atom stereocenters. The number of aliphatic hydroxyl groups is 1. The van der Waals surface area contributed by atoms with Gasteiger partial charge in [-0.1, -0.05) is 25.5 Å². The maximum atomic E-state index is 10.4. The van der Waals surface area contributed by atoms with Crippen LogP contribution in [0.4, 0.5) is 0 Å². The van der Waals surface area contributed by atoms with E-state index in [1.807, 2.05) is 48.5 Å². The number of ether oxygens (including phenoxy) is 2. The minimum absolute atomic E-state index is 0.499. The molecule has 3 aromatic rings. The van der Waals surface area contributed by atoms with Gasteiger partial charge in [-0.05, 0) is 42.8 Å². The van der Waals surface area contributed by atoms with Gasteiger partial charge in [0.15, 0.2) is 0 Å². The van der Waals surface area contributed by atoms with Crippen LogP contribution in [0, 0.1) is 0 Å². The first-order chi connectivity index (χ1) is 12.2. The third kappa shape index (κ3) is 3.94. The van der Waals surface area contributed by atoms with E-state index < -0.39 is 6.10 Å². The normalized spacial score (nSPS) is 12.3. The molecule has 1 atom stereocenters. The highest BCUT2D eigenvalue weighted by Crippen LogP contribution is 2.24. The highest BCUT2D eigenvalue weighted by Gasteiger charge is 2.17. The second kappa shape index (κ2) is 8.03. The number of aromatic nitrogens is 2. The van der Waals surface area contributed by atoms with Crippen molar-refractivity contribution in [2.24, 2.45) is 0 Å². The number of imidazole rings is 1. The Morgan fingerprint density at radius 2 is 1.80 bits per heavy atom. The van der Waals surface area contributed by atoms with Crippen LogP contribution in [0.2, 0.25) is 0 Å². The van der Waals surface area contributed by atoms with Crippen molar-refractivity contribution >= 4 is 11.0 Å². The van der Waals surface area contributed by atoms with Crippen LogP contribution in [0.5, 0.6) is 11.5 Å². The standard InChI is InChI=1S/C20H24N2O3/c1-3-6-19(23)20-21-17-7-4-5-8-18(17)22(20)13-14-25-16-11-9-15(24-2)10-12-16/h4-5,7-12,19,23H,3,6,13-14H2,1-2H3/t19-/m1/s1. The van der Waals surface area contributed by atoms with Gasteiger partial charge in [0.25, 0.3) is 0 Å². The van der Waals surface area contributed by atoms with Crippen LogP contribution in [0.3, 0.4) is 0 Å². The summed E-state index contributed by atoms with van der Waals surface area (Å²) in [4.78, 5) is 4.62. The monoisotopic (exact) mass is 340 g/mol. The summed E-state index contributed by atoms with van der Waals surface area (Å²) in [6.07, 6.45) is 1.05. The molecule has 0 amide bonds. The SMILES string of the molecule is CCC[C@@H](O)c1nc2ccccc2n1CCOc1ccc(OC)cc1. The summed E-state index contributed by atoms with van der Waals surface area (Å²) in [5, 5.41) is 10.4. The number of rotatable bonds is 8. The third-order valence-electron chi connectivity index (χ3n) is 4.19. The third-order valence-corrected chi connectivity index (χ3v) is 4.19. The maximum Gasteiger partial charge on any atom is 0.138 e. The summed E-state index contributed by atoms with van der Waals surface area (Å²) in [5.41, 5.74) is 1.92. The zero-order valence-corrected chi connectivity index (χ0v) is 14.7. The molecule has 5 nitrogen and oxygen atoms in total. The Balaban J connectivity index is 1.75. The summed E-state index contributed by atoms with van der Waals surface area (Å²) < 4.78 is 13.0. The van der Waals surface area contributed by atoms with Gasteiger partial charge in [0.05, 0.1) is 24.7 Å². The van der Waals surface area contributed by atoms with Gasteiger partial charge in [0.1, 0.15) is 30.0 Å². The van der Waals surface area contributed by atoms with Crippen molar-refractivity contribution in [3.63, 3.8) is 0 Å². The summed E-state index contributed by atoms with van der Waals surface area (Å²) in [6.45, 7) is 3.18. The lowest BCUT2D eigenvalue weighted by atomic mass is 10.2. The van der Waals surface area contributed by atoms with Gasteiger partial charge in [-0.2, -0.15) is 0 Å². The fourth-order valence-corrected chi connectivity index (χ4v) is 2.91. The average Bonchev–Trinajstić information content (AvgIpc) is 3.01. The van der Waals surface area contributed by atoms with Crippen LogP contribution in [-0.2, 0) is 6.54 Å². The molecule has 0 spiro atoms. The molecule has 0 aliphatic rings. The van der Waals surface area contributed by atoms with E-state index in [9.17, 15) is 5.11 Å². The fourth-order valence-electron chi connectivity index (χ4n) is 2.91. The average molecular weight is 340 g/mol. The van der Waals surface area contributed by atoms with Crippen molar-refractivity contribution in [2.75, 3.05) is 13.7 Å². The molecule has 2 aromatic carbocycles. The van der Waals surface area contributed by atoms with Gasteiger partial charge in [-0.3, -0.25) is 0 Å². The summed E-state index contributed by atoms with van der Waals surface area (Å²) in [5.74, 6) is 2.31. The van der Waals surface area contributed by atoms with Crippen LogP contribution in [0.1, 0.15) is 31.7 Å². The maximum absolute atomic E-state index is 10.4. The molecule has 0 saturated carbocycles. The lowest BCUT2D eigenvalue weighted by Crippen LogP contribution is -2.14. The van der Waals surface area contributed by atoms with E-state index in [0.717, 1.165) is 29.0 Å². The van der Waals surface area contributed by atoms with Gasteiger partial charge in [0, 0.05) is 0 Å². The van der Waals surface area contributed by atoms with Crippen LogP contribution in [0.15, 0.2) is 48.5 Å². The van der Waals surface area contributed by atoms with Crippen molar-refractivity contribution in [3.05, 3.63) is 54.4 Å². The largest absolute Gasteiger partial charge is 0.497 e. The van der Waals surface area contributed by atoms with Crippen LogP contribution in [0.25, 0.3) is 11.0 Å². The number of hydrogen-bond donors (Lipinski definition) is 1. The number of nitrogens with zero attached hydrogens (tertiary/aromatic N) is 2. The summed E-state index contributed by atoms with van der Waals surface area (Å²) in [7, 11) is 1.64. The van der Waals surface area contributed by atoms with Gasteiger partial charge in [-0.15, -0.1) is 0 Å². The highest BCUT2D eigenvalue weighted by molar-refractivity contribution is 5.76. The van der Waals surface area contributed by atoms with E-state index in [4.69, 9.17) is 9.47 Å². The first-order valence-corrected chi connectivity index (χ1v) is 8.63.